The van der Waals surface area contributed by atoms with Gasteiger partial charge >= 0.3 is 6.92 Å². The predicted octanol–water partition coefficient (Wildman–Crippen LogP) is 3.21. The van der Waals surface area contributed by atoms with Gasteiger partial charge in [-0.3, -0.25) is 9.69 Å². The third kappa shape index (κ3) is 3.50. The SMILES string of the molecule is Cc1ccc(C)c(B2OOCC2OC(C)(C)C(C)(C)C)c1. The number of hydrogen-bond acceptors (Lipinski definition) is 3. The van der Waals surface area contributed by atoms with Crippen LogP contribution < -0.4 is 5.46 Å². The van der Waals surface area contributed by atoms with Gasteiger partial charge in [-0.2, -0.15) is 0 Å². The fourth-order valence-corrected chi connectivity index (χ4v) is 2.30. The van der Waals surface area contributed by atoms with Crippen molar-refractivity contribution in [1.82, 2.24) is 0 Å². The Morgan fingerprint density at radius 3 is 2.43 bits per heavy atom. The van der Waals surface area contributed by atoms with Gasteiger partial charge in [-0.15, -0.1) is 0 Å². The first-order chi connectivity index (χ1) is 9.62. The van der Waals surface area contributed by atoms with Gasteiger partial charge in [0.2, 0.25) is 0 Å². The molecule has 1 unspecified atom stereocenters. The van der Waals surface area contributed by atoms with Crippen LogP contribution in [0.25, 0.3) is 0 Å². The molecule has 0 N–H and O–H groups in total. The van der Waals surface area contributed by atoms with Crippen molar-refractivity contribution in [2.45, 2.75) is 60.1 Å². The first-order valence-electron chi connectivity index (χ1n) is 7.65. The molecule has 1 aromatic carbocycles. The van der Waals surface area contributed by atoms with Gasteiger partial charge in [-0.05, 0) is 38.6 Å². The fraction of sp³-hybridized carbons (Fsp3) is 0.647. The van der Waals surface area contributed by atoms with E-state index in [1.807, 2.05) is 0 Å². The normalized spacial score (nSPS) is 20.1. The van der Waals surface area contributed by atoms with Crippen molar-refractivity contribution in [2.24, 2.45) is 5.41 Å². The third-order valence-electron chi connectivity index (χ3n) is 4.74. The van der Waals surface area contributed by atoms with Crippen LogP contribution in [0.1, 0.15) is 45.7 Å². The Bertz CT molecular complexity index is 505. The largest absolute Gasteiger partial charge is 0.404 e. The smallest absolute Gasteiger partial charge is 0.374 e. The zero-order valence-electron chi connectivity index (χ0n) is 14.3. The minimum absolute atomic E-state index is 0.0434. The van der Waals surface area contributed by atoms with E-state index in [0.29, 0.717) is 6.61 Å². The van der Waals surface area contributed by atoms with Gasteiger partial charge in [0.15, 0.2) is 0 Å². The molecule has 21 heavy (non-hydrogen) atoms. The van der Waals surface area contributed by atoms with Gasteiger partial charge in [-0.1, -0.05) is 50.1 Å². The van der Waals surface area contributed by atoms with Gasteiger partial charge < -0.3 is 4.74 Å². The molecule has 0 radical (unpaired) electrons. The Labute approximate surface area is 129 Å². The molecule has 1 heterocycles. The molecule has 3 nitrogen and oxygen atoms in total. The summed E-state index contributed by atoms with van der Waals surface area (Å²) in [7, 11) is 0. The zero-order chi connectivity index (χ0) is 15.8. The Balaban J connectivity index is 2.23. The van der Waals surface area contributed by atoms with Gasteiger partial charge in [0.25, 0.3) is 0 Å². The van der Waals surface area contributed by atoms with Crippen molar-refractivity contribution in [3.63, 3.8) is 0 Å². The second-order valence-corrected chi connectivity index (χ2v) is 7.58. The molecule has 0 saturated carbocycles. The summed E-state index contributed by atoms with van der Waals surface area (Å²) in [6.07, 6.45) is 0. The molecule has 1 aliphatic rings. The van der Waals surface area contributed by atoms with E-state index in [9.17, 15) is 0 Å². The Hall–Kier alpha value is -0.835. The highest BCUT2D eigenvalue weighted by molar-refractivity contribution is 6.69. The summed E-state index contributed by atoms with van der Waals surface area (Å²) in [4.78, 5) is 10.8. The van der Waals surface area contributed by atoms with Crippen LogP contribution >= 0.6 is 0 Å². The summed E-state index contributed by atoms with van der Waals surface area (Å²) >= 11 is 0. The van der Waals surface area contributed by atoms with E-state index < -0.39 is 0 Å². The van der Waals surface area contributed by atoms with Crippen molar-refractivity contribution >= 4 is 12.4 Å². The highest BCUT2D eigenvalue weighted by atomic mass is 17.2. The third-order valence-corrected chi connectivity index (χ3v) is 4.74. The van der Waals surface area contributed by atoms with Crippen LogP contribution in [0.2, 0.25) is 0 Å². The molecule has 4 heteroatoms. The molecule has 0 spiro atoms. The monoisotopic (exact) mass is 290 g/mol. The lowest BCUT2D eigenvalue weighted by atomic mass is 9.55. The topological polar surface area (TPSA) is 27.7 Å². The molecule has 1 aliphatic heterocycles. The van der Waals surface area contributed by atoms with E-state index in [0.717, 1.165) is 5.46 Å². The van der Waals surface area contributed by atoms with Crippen molar-refractivity contribution in [2.75, 3.05) is 6.61 Å². The van der Waals surface area contributed by atoms with Crippen molar-refractivity contribution in [3.8, 4) is 0 Å². The minimum Gasteiger partial charge on any atom is -0.374 e. The van der Waals surface area contributed by atoms with E-state index in [2.05, 4.69) is 66.7 Å². The number of benzene rings is 1. The Morgan fingerprint density at radius 2 is 1.81 bits per heavy atom. The molecule has 2 rings (SSSR count). The standard InChI is InChI=1S/C17H27BO3/c1-12-8-9-13(2)14(10-12)18-15(11-19-21-18)20-17(6,7)16(3,4)5/h8-10,15H,11H2,1-7H3. The quantitative estimate of drug-likeness (QED) is 0.632. The lowest BCUT2D eigenvalue weighted by molar-refractivity contribution is -0.197. The number of ether oxygens (including phenoxy) is 1. The molecule has 0 amide bonds. The van der Waals surface area contributed by atoms with Crippen LogP contribution in [0.4, 0.5) is 0 Å². The van der Waals surface area contributed by atoms with Gasteiger partial charge in [0.05, 0.1) is 11.6 Å². The lowest BCUT2D eigenvalue weighted by Gasteiger charge is -2.40. The first-order valence-corrected chi connectivity index (χ1v) is 7.65. The molecule has 116 valence electrons. The van der Waals surface area contributed by atoms with Gasteiger partial charge in [-0.25, -0.2) is 0 Å². The van der Waals surface area contributed by atoms with Crippen molar-refractivity contribution < 1.29 is 14.4 Å². The van der Waals surface area contributed by atoms with Crippen molar-refractivity contribution in [3.05, 3.63) is 29.3 Å². The van der Waals surface area contributed by atoms with E-state index in [1.54, 1.807) is 0 Å². The zero-order valence-corrected chi connectivity index (χ0v) is 14.3. The number of hydrogen-bond donors (Lipinski definition) is 0. The van der Waals surface area contributed by atoms with Crippen LogP contribution in [0.15, 0.2) is 18.2 Å². The van der Waals surface area contributed by atoms with Crippen LogP contribution in [-0.4, -0.2) is 25.1 Å². The average Bonchev–Trinajstić information content (AvgIpc) is 2.78. The van der Waals surface area contributed by atoms with Crippen LogP contribution in [0, 0.1) is 19.3 Å². The average molecular weight is 290 g/mol. The molecular formula is C17H27BO3. The van der Waals surface area contributed by atoms with Crippen molar-refractivity contribution in [1.29, 1.82) is 0 Å². The molecule has 1 saturated heterocycles. The van der Waals surface area contributed by atoms with E-state index in [-0.39, 0.29) is 23.9 Å². The molecule has 1 atom stereocenters. The summed E-state index contributed by atoms with van der Waals surface area (Å²) in [5.41, 5.74) is 3.37. The lowest BCUT2D eigenvalue weighted by Crippen LogP contribution is -2.50. The summed E-state index contributed by atoms with van der Waals surface area (Å²) in [5.74, 6) is 0. The Morgan fingerprint density at radius 1 is 1.14 bits per heavy atom. The molecule has 0 aliphatic carbocycles. The molecule has 0 bridgehead atoms. The molecule has 1 aromatic rings. The summed E-state index contributed by atoms with van der Waals surface area (Å²) in [6.45, 7) is 15.3. The highest BCUT2D eigenvalue weighted by Gasteiger charge is 2.45. The molecule has 0 aromatic heterocycles. The maximum Gasteiger partial charge on any atom is 0.404 e. The summed E-state index contributed by atoms with van der Waals surface area (Å²) in [6, 6.07) is 6.32. The fourth-order valence-electron chi connectivity index (χ4n) is 2.30. The first kappa shape index (κ1) is 16.5. The van der Waals surface area contributed by atoms with Crippen LogP contribution in [0.3, 0.4) is 0 Å². The van der Waals surface area contributed by atoms with E-state index in [4.69, 9.17) is 14.4 Å². The van der Waals surface area contributed by atoms with E-state index >= 15 is 0 Å². The highest BCUT2D eigenvalue weighted by Crippen LogP contribution is 2.35. The number of aryl methyl sites for hydroxylation is 2. The van der Waals surface area contributed by atoms with E-state index in [1.165, 1.54) is 11.1 Å². The Kier molecular flexibility index (Phi) is 4.53. The second-order valence-electron chi connectivity index (χ2n) is 7.58. The summed E-state index contributed by atoms with van der Waals surface area (Å²) < 4.78 is 6.38. The molecule has 1 fully saturated rings. The second kappa shape index (κ2) is 5.75. The minimum atomic E-state index is -0.259. The van der Waals surface area contributed by atoms with Gasteiger partial charge in [0, 0.05) is 0 Å². The van der Waals surface area contributed by atoms with Gasteiger partial charge in [0.1, 0.15) is 6.61 Å². The molecular weight excluding hydrogens is 263 g/mol. The maximum absolute atomic E-state index is 6.38. The van der Waals surface area contributed by atoms with Crippen LogP contribution in [-0.2, 0) is 14.4 Å². The van der Waals surface area contributed by atoms with Crippen LogP contribution in [0.5, 0.6) is 0 Å². The summed E-state index contributed by atoms with van der Waals surface area (Å²) in [5, 5.41) is 0. The predicted molar refractivity (Wildman–Crippen MR) is 86.7 cm³/mol. The maximum atomic E-state index is 6.38. The number of rotatable bonds is 3.